The minimum absolute atomic E-state index is 0.132. The number of amides is 1. The summed E-state index contributed by atoms with van der Waals surface area (Å²) in [6.45, 7) is 2.00. The standard InChI is InChI=1S/C10H19NO3/c1-4-6-9(12)7-5-8-10(13)11(2)14-3/h5,7,9,12H,4,6,8H2,1-3H3/b7-5+/t9-/m1/s1. The summed E-state index contributed by atoms with van der Waals surface area (Å²) in [7, 11) is 2.99. The van der Waals surface area contributed by atoms with Gasteiger partial charge in [0.15, 0.2) is 0 Å². The fraction of sp³-hybridized carbons (Fsp3) is 0.700. The van der Waals surface area contributed by atoms with Crippen LogP contribution in [0.1, 0.15) is 26.2 Å². The van der Waals surface area contributed by atoms with E-state index in [-0.39, 0.29) is 12.3 Å². The molecule has 0 saturated carbocycles. The van der Waals surface area contributed by atoms with Crippen molar-refractivity contribution in [2.24, 2.45) is 0 Å². The molecule has 1 amide bonds. The van der Waals surface area contributed by atoms with Crippen LogP contribution in [0.25, 0.3) is 0 Å². The Morgan fingerprint density at radius 1 is 1.64 bits per heavy atom. The number of aliphatic hydroxyl groups excluding tert-OH is 1. The van der Waals surface area contributed by atoms with Gasteiger partial charge < -0.3 is 5.11 Å². The molecular weight excluding hydrogens is 182 g/mol. The predicted octanol–water partition coefficient (Wildman–Crippen LogP) is 1.11. The molecule has 0 aliphatic carbocycles. The molecular formula is C10H19NO3. The molecule has 82 valence electrons. The number of hydrogen-bond donors (Lipinski definition) is 1. The number of hydrogen-bond acceptors (Lipinski definition) is 3. The highest BCUT2D eigenvalue weighted by Gasteiger charge is 2.04. The first-order valence-electron chi connectivity index (χ1n) is 4.77. The second-order valence-corrected chi connectivity index (χ2v) is 3.06. The summed E-state index contributed by atoms with van der Waals surface area (Å²) in [6, 6.07) is 0. The molecule has 14 heavy (non-hydrogen) atoms. The van der Waals surface area contributed by atoms with Gasteiger partial charge in [0.2, 0.25) is 5.91 Å². The summed E-state index contributed by atoms with van der Waals surface area (Å²) >= 11 is 0. The highest BCUT2D eigenvalue weighted by Crippen LogP contribution is 1.99. The lowest BCUT2D eigenvalue weighted by Gasteiger charge is -2.11. The molecule has 0 fully saturated rings. The van der Waals surface area contributed by atoms with E-state index in [0.717, 1.165) is 17.9 Å². The second-order valence-electron chi connectivity index (χ2n) is 3.06. The van der Waals surface area contributed by atoms with Crippen LogP contribution >= 0.6 is 0 Å². The number of aliphatic hydroxyl groups is 1. The van der Waals surface area contributed by atoms with Crippen LogP contribution in [0.2, 0.25) is 0 Å². The molecule has 0 bridgehead atoms. The second kappa shape index (κ2) is 7.53. The van der Waals surface area contributed by atoms with E-state index in [1.165, 1.54) is 7.11 Å². The third-order valence-electron chi connectivity index (χ3n) is 1.86. The first-order valence-corrected chi connectivity index (χ1v) is 4.77. The number of hydroxylamine groups is 2. The first-order chi connectivity index (χ1) is 6.61. The summed E-state index contributed by atoms with van der Waals surface area (Å²) in [5.41, 5.74) is 0. The van der Waals surface area contributed by atoms with E-state index in [4.69, 9.17) is 4.84 Å². The fourth-order valence-corrected chi connectivity index (χ4v) is 0.948. The average molecular weight is 201 g/mol. The minimum Gasteiger partial charge on any atom is -0.389 e. The maximum atomic E-state index is 11.2. The molecule has 0 aliphatic heterocycles. The van der Waals surface area contributed by atoms with Crippen LogP contribution in [0, 0.1) is 0 Å². The van der Waals surface area contributed by atoms with Gasteiger partial charge >= 0.3 is 0 Å². The number of rotatable bonds is 6. The highest BCUT2D eigenvalue weighted by atomic mass is 16.7. The third-order valence-corrected chi connectivity index (χ3v) is 1.86. The van der Waals surface area contributed by atoms with Gasteiger partial charge in [0.05, 0.1) is 13.2 Å². The first kappa shape index (κ1) is 13.1. The zero-order chi connectivity index (χ0) is 11.0. The fourth-order valence-electron chi connectivity index (χ4n) is 0.948. The molecule has 1 atom stereocenters. The van der Waals surface area contributed by atoms with Gasteiger partial charge in [-0.1, -0.05) is 25.5 Å². The number of nitrogens with zero attached hydrogens (tertiary/aromatic N) is 1. The van der Waals surface area contributed by atoms with Gasteiger partial charge in [-0.3, -0.25) is 9.63 Å². The summed E-state index contributed by atoms with van der Waals surface area (Å²) in [5, 5.41) is 10.5. The summed E-state index contributed by atoms with van der Waals surface area (Å²) in [6.07, 6.45) is 4.77. The van der Waals surface area contributed by atoms with E-state index in [2.05, 4.69) is 0 Å². The molecule has 0 rings (SSSR count). The third kappa shape index (κ3) is 5.72. The van der Waals surface area contributed by atoms with E-state index in [1.807, 2.05) is 6.92 Å². The maximum Gasteiger partial charge on any atom is 0.249 e. The Bertz CT molecular complexity index is 192. The summed E-state index contributed by atoms with van der Waals surface area (Å²) in [5.74, 6) is -0.132. The zero-order valence-electron chi connectivity index (χ0n) is 9.06. The Morgan fingerprint density at radius 2 is 2.29 bits per heavy atom. The van der Waals surface area contributed by atoms with Crippen LogP contribution in [0.15, 0.2) is 12.2 Å². The number of carbonyl (C=O) groups is 1. The van der Waals surface area contributed by atoms with Crippen LogP contribution in [0.3, 0.4) is 0 Å². The molecule has 0 aromatic heterocycles. The van der Waals surface area contributed by atoms with Gasteiger partial charge in [-0.2, -0.15) is 0 Å². The van der Waals surface area contributed by atoms with Gasteiger partial charge in [-0.25, -0.2) is 5.06 Å². The minimum atomic E-state index is -0.444. The molecule has 4 nitrogen and oxygen atoms in total. The summed E-state index contributed by atoms with van der Waals surface area (Å²) < 4.78 is 0. The van der Waals surface area contributed by atoms with E-state index in [1.54, 1.807) is 19.2 Å². The quantitative estimate of drug-likeness (QED) is 0.517. The molecule has 0 spiro atoms. The predicted molar refractivity (Wildman–Crippen MR) is 54.5 cm³/mol. The monoisotopic (exact) mass is 201 g/mol. The van der Waals surface area contributed by atoms with Crippen LogP contribution in [0.4, 0.5) is 0 Å². The Morgan fingerprint density at radius 3 is 2.79 bits per heavy atom. The van der Waals surface area contributed by atoms with Crippen molar-refractivity contribution < 1.29 is 14.7 Å². The van der Waals surface area contributed by atoms with Crippen molar-refractivity contribution >= 4 is 5.91 Å². The van der Waals surface area contributed by atoms with E-state index < -0.39 is 6.10 Å². The van der Waals surface area contributed by atoms with Crippen LogP contribution in [0.5, 0.6) is 0 Å². The van der Waals surface area contributed by atoms with Crippen molar-refractivity contribution in [1.82, 2.24) is 5.06 Å². The Kier molecular flexibility index (Phi) is 7.06. The topological polar surface area (TPSA) is 49.8 Å². The van der Waals surface area contributed by atoms with Crippen LogP contribution in [-0.2, 0) is 9.63 Å². The van der Waals surface area contributed by atoms with E-state index in [0.29, 0.717) is 0 Å². The van der Waals surface area contributed by atoms with E-state index >= 15 is 0 Å². The van der Waals surface area contributed by atoms with Crippen molar-refractivity contribution in [2.75, 3.05) is 14.2 Å². The maximum absolute atomic E-state index is 11.2. The van der Waals surface area contributed by atoms with Crippen molar-refractivity contribution in [3.63, 3.8) is 0 Å². The van der Waals surface area contributed by atoms with Crippen molar-refractivity contribution in [3.8, 4) is 0 Å². The van der Waals surface area contributed by atoms with Gasteiger partial charge in [-0.15, -0.1) is 0 Å². The van der Waals surface area contributed by atoms with Gasteiger partial charge in [0, 0.05) is 13.5 Å². The van der Waals surface area contributed by atoms with Crippen molar-refractivity contribution in [1.29, 1.82) is 0 Å². The SMILES string of the molecule is CCC[C@@H](O)/C=C/CC(=O)N(C)OC. The molecule has 0 unspecified atom stereocenters. The smallest absolute Gasteiger partial charge is 0.249 e. The van der Waals surface area contributed by atoms with Crippen molar-refractivity contribution in [3.05, 3.63) is 12.2 Å². The van der Waals surface area contributed by atoms with Crippen LogP contribution < -0.4 is 0 Å². The van der Waals surface area contributed by atoms with Gasteiger partial charge in [-0.05, 0) is 6.42 Å². The lowest BCUT2D eigenvalue weighted by Crippen LogP contribution is -2.24. The molecule has 0 heterocycles. The van der Waals surface area contributed by atoms with Crippen LogP contribution in [-0.4, -0.2) is 36.3 Å². The molecule has 0 aromatic carbocycles. The highest BCUT2D eigenvalue weighted by molar-refractivity contribution is 5.76. The Labute approximate surface area is 85.1 Å². The van der Waals surface area contributed by atoms with E-state index in [9.17, 15) is 9.90 Å². The lowest BCUT2D eigenvalue weighted by atomic mass is 10.2. The van der Waals surface area contributed by atoms with Gasteiger partial charge in [0.1, 0.15) is 0 Å². The number of carbonyl (C=O) groups excluding carboxylic acids is 1. The average Bonchev–Trinajstić information content (AvgIpc) is 2.16. The molecule has 0 radical (unpaired) electrons. The zero-order valence-corrected chi connectivity index (χ0v) is 9.06. The molecule has 1 N–H and O–H groups in total. The Balaban J connectivity index is 3.75. The Hall–Kier alpha value is -0.870. The largest absolute Gasteiger partial charge is 0.389 e. The van der Waals surface area contributed by atoms with Gasteiger partial charge in [0.25, 0.3) is 0 Å². The van der Waals surface area contributed by atoms with Crippen molar-refractivity contribution in [2.45, 2.75) is 32.3 Å². The normalized spacial score (nSPS) is 13.1. The molecule has 0 saturated heterocycles. The lowest BCUT2D eigenvalue weighted by molar-refractivity contribution is -0.167. The molecule has 0 aliphatic rings. The molecule has 4 heteroatoms. The molecule has 0 aromatic rings. The summed E-state index contributed by atoms with van der Waals surface area (Å²) in [4.78, 5) is 15.9.